The number of hydrogen-bond acceptors (Lipinski definition) is 8. The van der Waals surface area contributed by atoms with Crippen LogP contribution in [0.5, 0.6) is 0 Å². The summed E-state index contributed by atoms with van der Waals surface area (Å²) in [5.41, 5.74) is 0. The van der Waals surface area contributed by atoms with Crippen LogP contribution in [0.15, 0.2) is 48.6 Å². The van der Waals surface area contributed by atoms with E-state index in [0.29, 0.717) is 6.42 Å². The molecule has 0 bridgehead atoms. The number of rotatable bonds is 75. The maximum Gasteiger partial charge on any atom is 0.220 e. The molecule has 554 valence electrons. The number of ether oxygens (including phenoxy) is 2. The van der Waals surface area contributed by atoms with Gasteiger partial charge in [0, 0.05) is 6.42 Å². The minimum absolute atomic E-state index is 0.177. The molecular weight excluding hydrogens is 1160 g/mol. The lowest BCUT2D eigenvalue weighted by Crippen LogP contribution is -2.60. The summed E-state index contributed by atoms with van der Waals surface area (Å²) in [5.74, 6) is -0.177. The summed E-state index contributed by atoms with van der Waals surface area (Å²) < 4.78 is 11.3. The first-order valence-electron chi connectivity index (χ1n) is 41.9. The van der Waals surface area contributed by atoms with E-state index in [0.717, 1.165) is 44.9 Å². The Labute approximate surface area is 584 Å². The monoisotopic (exact) mass is 1320 g/mol. The lowest BCUT2D eigenvalue weighted by molar-refractivity contribution is -0.302. The molecule has 1 heterocycles. The van der Waals surface area contributed by atoms with Gasteiger partial charge in [0.25, 0.3) is 0 Å². The summed E-state index contributed by atoms with van der Waals surface area (Å²) in [6.45, 7) is 3.82. The van der Waals surface area contributed by atoms with Crippen molar-refractivity contribution < 1.29 is 39.8 Å². The van der Waals surface area contributed by atoms with Crippen molar-refractivity contribution in [3.8, 4) is 0 Å². The molecule has 1 aliphatic rings. The van der Waals surface area contributed by atoms with E-state index in [2.05, 4.69) is 55.6 Å². The van der Waals surface area contributed by atoms with Gasteiger partial charge in [0.2, 0.25) is 5.91 Å². The predicted molar refractivity (Wildman–Crippen MR) is 406 cm³/mol. The maximum absolute atomic E-state index is 13.2. The van der Waals surface area contributed by atoms with Crippen molar-refractivity contribution in [2.24, 2.45) is 0 Å². The Morgan fingerprint density at radius 2 is 0.638 bits per heavy atom. The largest absolute Gasteiger partial charge is 0.394 e. The predicted octanol–water partition coefficient (Wildman–Crippen LogP) is 24.3. The van der Waals surface area contributed by atoms with Gasteiger partial charge >= 0.3 is 0 Å². The Balaban J connectivity index is 2.04. The zero-order valence-corrected chi connectivity index (χ0v) is 62.5. The summed E-state index contributed by atoms with van der Waals surface area (Å²) in [7, 11) is 0. The van der Waals surface area contributed by atoms with Gasteiger partial charge in [-0.15, -0.1) is 0 Å². The van der Waals surface area contributed by atoms with E-state index < -0.39 is 49.5 Å². The first-order valence-corrected chi connectivity index (χ1v) is 41.9. The molecule has 1 amide bonds. The SMILES string of the molecule is CCCCCCC/C=C\C/C=C\CCCCCCCCCCCCCCCCCCCCCCCCCCCCCCCC(=O)NC(COC1OC(CO)C(O)C(O)C1O)C(O)/C=C/CC/C=C/CCCCCCCCCCCCCCCCCCCCCCCCCC. The fraction of sp³-hybridized carbons (Fsp3) is 0.894. The summed E-state index contributed by atoms with van der Waals surface area (Å²) in [4.78, 5) is 13.2. The Kier molecular flexibility index (Phi) is 70.8. The van der Waals surface area contributed by atoms with Crippen LogP contribution in [0.3, 0.4) is 0 Å². The van der Waals surface area contributed by atoms with Crippen molar-refractivity contribution in [1.82, 2.24) is 5.32 Å². The van der Waals surface area contributed by atoms with Crippen LogP contribution < -0.4 is 5.32 Å². The molecule has 0 saturated carbocycles. The molecule has 1 aliphatic heterocycles. The third-order valence-electron chi connectivity index (χ3n) is 20.1. The van der Waals surface area contributed by atoms with E-state index in [1.54, 1.807) is 6.08 Å². The normalized spacial score (nSPS) is 17.7. The summed E-state index contributed by atoms with van der Waals surface area (Å²) >= 11 is 0. The second-order valence-electron chi connectivity index (χ2n) is 29.3. The molecular formula is C85H161NO8. The van der Waals surface area contributed by atoms with Crippen molar-refractivity contribution >= 4 is 5.91 Å². The highest BCUT2D eigenvalue weighted by Crippen LogP contribution is 2.24. The van der Waals surface area contributed by atoms with Crippen LogP contribution in [-0.4, -0.2) is 87.5 Å². The highest BCUT2D eigenvalue weighted by Gasteiger charge is 2.44. The van der Waals surface area contributed by atoms with Gasteiger partial charge < -0.3 is 40.3 Å². The fourth-order valence-corrected chi connectivity index (χ4v) is 13.6. The van der Waals surface area contributed by atoms with Crippen molar-refractivity contribution in [3.63, 3.8) is 0 Å². The molecule has 9 nitrogen and oxygen atoms in total. The van der Waals surface area contributed by atoms with Crippen LogP contribution in [0.2, 0.25) is 0 Å². The van der Waals surface area contributed by atoms with Crippen LogP contribution in [-0.2, 0) is 14.3 Å². The van der Waals surface area contributed by atoms with Crippen molar-refractivity contribution in [3.05, 3.63) is 48.6 Å². The molecule has 0 aromatic heterocycles. The van der Waals surface area contributed by atoms with E-state index >= 15 is 0 Å². The molecule has 7 unspecified atom stereocenters. The first-order chi connectivity index (χ1) is 46.3. The van der Waals surface area contributed by atoms with Crippen molar-refractivity contribution in [1.29, 1.82) is 0 Å². The van der Waals surface area contributed by atoms with Crippen molar-refractivity contribution in [2.45, 2.75) is 474 Å². The molecule has 0 aliphatic carbocycles. The molecule has 0 spiro atoms. The number of aliphatic hydroxyl groups is 5. The van der Waals surface area contributed by atoms with Gasteiger partial charge in [-0.05, 0) is 64.2 Å². The molecule has 94 heavy (non-hydrogen) atoms. The quantitative estimate of drug-likeness (QED) is 0.0261. The van der Waals surface area contributed by atoms with Crippen LogP contribution in [0.4, 0.5) is 0 Å². The number of amides is 1. The van der Waals surface area contributed by atoms with Gasteiger partial charge in [0.05, 0.1) is 25.4 Å². The number of nitrogens with one attached hydrogen (secondary N) is 1. The highest BCUT2D eigenvalue weighted by molar-refractivity contribution is 5.76. The summed E-state index contributed by atoms with van der Waals surface area (Å²) in [6, 6.07) is -0.823. The Morgan fingerprint density at radius 1 is 0.362 bits per heavy atom. The molecule has 6 N–H and O–H groups in total. The van der Waals surface area contributed by atoms with Crippen molar-refractivity contribution in [2.75, 3.05) is 13.2 Å². The van der Waals surface area contributed by atoms with E-state index in [1.807, 2.05) is 6.08 Å². The van der Waals surface area contributed by atoms with E-state index in [9.17, 15) is 30.3 Å². The van der Waals surface area contributed by atoms with Gasteiger partial charge in [-0.3, -0.25) is 4.79 Å². The van der Waals surface area contributed by atoms with Gasteiger partial charge in [-0.25, -0.2) is 0 Å². The lowest BCUT2D eigenvalue weighted by atomic mass is 9.99. The smallest absolute Gasteiger partial charge is 0.220 e. The van der Waals surface area contributed by atoms with E-state index in [-0.39, 0.29) is 12.5 Å². The number of hydrogen-bond donors (Lipinski definition) is 6. The zero-order chi connectivity index (χ0) is 67.8. The lowest BCUT2D eigenvalue weighted by Gasteiger charge is -2.40. The van der Waals surface area contributed by atoms with Gasteiger partial charge in [0.15, 0.2) is 6.29 Å². The Bertz CT molecular complexity index is 1630. The van der Waals surface area contributed by atoms with Gasteiger partial charge in [-0.2, -0.15) is 0 Å². The standard InChI is InChI=1S/C85H161NO8/c1-3-5-7-9-11-13-15-17-19-21-23-25-27-29-31-33-35-36-37-38-39-40-41-42-43-44-45-47-49-51-53-55-57-59-61-63-65-67-69-71-73-75-81(89)86-78(77-93-85-84(92)83(91)82(90)80(76-87)94-85)79(88)74-72-70-68-66-64-62-60-58-56-54-52-50-48-46-34-32-30-28-26-24-22-20-18-16-14-12-10-8-6-4-2/h15,17,21,23,64,66,72,74,78-80,82-85,87-88,90-92H,3-14,16,18-20,22,24-63,65,67-71,73,75-77H2,1-2H3,(H,86,89)/b17-15-,23-21-,66-64+,74-72+. The molecule has 1 rings (SSSR count). The summed E-state index contributed by atoms with van der Waals surface area (Å²) in [6.07, 6.45) is 95.8. The fourth-order valence-electron chi connectivity index (χ4n) is 13.6. The van der Waals surface area contributed by atoms with Crippen LogP contribution in [0, 0.1) is 0 Å². The Hall–Kier alpha value is -1.85. The zero-order valence-electron chi connectivity index (χ0n) is 62.5. The highest BCUT2D eigenvalue weighted by atomic mass is 16.7. The second kappa shape index (κ2) is 73.9. The van der Waals surface area contributed by atoms with Gasteiger partial charge in [-0.1, -0.05) is 409 Å². The maximum atomic E-state index is 13.2. The topological polar surface area (TPSA) is 149 Å². The number of allylic oxidation sites excluding steroid dienone is 7. The first kappa shape index (κ1) is 90.2. The minimum atomic E-state index is -1.57. The van der Waals surface area contributed by atoms with Crippen LogP contribution in [0.1, 0.15) is 431 Å². The second-order valence-corrected chi connectivity index (χ2v) is 29.3. The molecule has 7 atom stereocenters. The average molecular weight is 1330 g/mol. The number of unbranched alkanes of at least 4 members (excludes halogenated alkanes) is 59. The number of carbonyl (C=O) groups excluding carboxylic acids is 1. The molecule has 0 aromatic carbocycles. The molecule has 1 saturated heterocycles. The summed E-state index contributed by atoms with van der Waals surface area (Å²) in [5, 5.41) is 54.9. The third-order valence-corrected chi connectivity index (χ3v) is 20.1. The number of carbonyl (C=O) groups is 1. The molecule has 9 heteroatoms. The van der Waals surface area contributed by atoms with Gasteiger partial charge in [0.1, 0.15) is 24.4 Å². The molecule has 0 radical (unpaired) electrons. The molecule has 0 aromatic rings. The van der Waals surface area contributed by atoms with Crippen LogP contribution >= 0.6 is 0 Å². The third kappa shape index (κ3) is 61.3. The minimum Gasteiger partial charge on any atom is -0.394 e. The Morgan fingerprint density at radius 3 is 0.957 bits per heavy atom. The average Bonchev–Trinajstić information content (AvgIpc) is 0.831. The van der Waals surface area contributed by atoms with E-state index in [1.165, 1.54) is 366 Å². The molecule has 1 fully saturated rings. The van der Waals surface area contributed by atoms with Crippen LogP contribution in [0.25, 0.3) is 0 Å². The van der Waals surface area contributed by atoms with E-state index in [4.69, 9.17) is 9.47 Å². The number of aliphatic hydroxyl groups excluding tert-OH is 5.